The van der Waals surface area contributed by atoms with E-state index in [2.05, 4.69) is 19.9 Å². The van der Waals surface area contributed by atoms with Crippen molar-refractivity contribution in [2.75, 3.05) is 12.3 Å². The van der Waals surface area contributed by atoms with Gasteiger partial charge < -0.3 is 15.5 Å². The van der Waals surface area contributed by atoms with Gasteiger partial charge in [0, 0.05) is 18.0 Å². The van der Waals surface area contributed by atoms with Gasteiger partial charge in [-0.3, -0.25) is 0 Å². The number of aromatic amines is 1. The maximum atomic E-state index is 5.72. The SMILES string of the molecule is CCOc1ncnc2[nH]cc(-c3ccnc(N)c3)c12. The van der Waals surface area contributed by atoms with E-state index < -0.39 is 0 Å². The summed E-state index contributed by atoms with van der Waals surface area (Å²) in [4.78, 5) is 15.5. The highest BCUT2D eigenvalue weighted by Crippen LogP contribution is 2.33. The Balaban J connectivity index is 2.24. The molecule has 96 valence electrons. The summed E-state index contributed by atoms with van der Waals surface area (Å²) in [7, 11) is 0. The molecule has 0 aliphatic heterocycles. The highest BCUT2D eigenvalue weighted by Gasteiger charge is 2.13. The number of nitrogen functional groups attached to an aromatic ring is 1. The zero-order valence-electron chi connectivity index (χ0n) is 10.4. The monoisotopic (exact) mass is 255 g/mol. The third-order valence-corrected chi connectivity index (χ3v) is 2.81. The van der Waals surface area contributed by atoms with Gasteiger partial charge in [0.05, 0.1) is 12.0 Å². The molecule has 6 heteroatoms. The van der Waals surface area contributed by atoms with Crippen LogP contribution in [0, 0.1) is 0 Å². The lowest BCUT2D eigenvalue weighted by molar-refractivity contribution is 0.331. The van der Waals surface area contributed by atoms with E-state index in [1.807, 2.05) is 25.3 Å². The summed E-state index contributed by atoms with van der Waals surface area (Å²) < 4.78 is 5.55. The summed E-state index contributed by atoms with van der Waals surface area (Å²) in [5.74, 6) is 1.04. The van der Waals surface area contributed by atoms with Crippen LogP contribution in [0.5, 0.6) is 5.88 Å². The number of fused-ring (bicyclic) bond motifs is 1. The van der Waals surface area contributed by atoms with Crippen LogP contribution in [0.25, 0.3) is 22.2 Å². The van der Waals surface area contributed by atoms with Gasteiger partial charge in [-0.15, -0.1) is 0 Å². The summed E-state index contributed by atoms with van der Waals surface area (Å²) in [6.07, 6.45) is 5.03. The molecule has 3 aromatic rings. The molecular weight excluding hydrogens is 242 g/mol. The lowest BCUT2D eigenvalue weighted by Gasteiger charge is -2.05. The van der Waals surface area contributed by atoms with Gasteiger partial charge >= 0.3 is 0 Å². The molecule has 0 aliphatic rings. The molecule has 0 aromatic carbocycles. The predicted octanol–water partition coefficient (Wildman–Crippen LogP) is 2.00. The van der Waals surface area contributed by atoms with Gasteiger partial charge in [-0.1, -0.05) is 0 Å². The molecular formula is C13H13N5O. The molecule has 0 unspecified atom stereocenters. The molecule has 0 amide bonds. The lowest BCUT2D eigenvalue weighted by atomic mass is 10.1. The van der Waals surface area contributed by atoms with Gasteiger partial charge in [-0.25, -0.2) is 15.0 Å². The minimum atomic E-state index is 0.474. The molecule has 0 bridgehead atoms. The zero-order chi connectivity index (χ0) is 13.2. The van der Waals surface area contributed by atoms with Gasteiger partial charge in [0.2, 0.25) is 5.88 Å². The Hall–Kier alpha value is -2.63. The van der Waals surface area contributed by atoms with E-state index in [4.69, 9.17) is 10.5 Å². The fraction of sp³-hybridized carbons (Fsp3) is 0.154. The van der Waals surface area contributed by atoms with Crippen LogP contribution in [0.4, 0.5) is 5.82 Å². The van der Waals surface area contributed by atoms with Crippen LogP contribution >= 0.6 is 0 Å². The van der Waals surface area contributed by atoms with Crippen molar-refractivity contribution in [2.45, 2.75) is 6.92 Å². The Bertz CT molecular complexity index is 722. The zero-order valence-corrected chi connectivity index (χ0v) is 10.4. The highest BCUT2D eigenvalue weighted by molar-refractivity contribution is 5.97. The van der Waals surface area contributed by atoms with Crippen molar-refractivity contribution < 1.29 is 4.74 Å². The maximum absolute atomic E-state index is 5.72. The molecule has 3 heterocycles. The van der Waals surface area contributed by atoms with Gasteiger partial charge in [0.15, 0.2) is 0 Å². The number of nitrogens with two attached hydrogens (primary N) is 1. The Morgan fingerprint density at radius 2 is 2.21 bits per heavy atom. The van der Waals surface area contributed by atoms with Gasteiger partial charge in [0.1, 0.15) is 17.8 Å². The van der Waals surface area contributed by atoms with Crippen LogP contribution in [0.1, 0.15) is 6.92 Å². The molecule has 0 saturated heterocycles. The van der Waals surface area contributed by atoms with Crippen LogP contribution < -0.4 is 10.5 Å². The minimum Gasteiger partial charge on any atom is -0.477 e. The second-order valence-electron chi connectivity index (χ2n) is 4.01. The first kappa shape index (κ1) is 11.5. The number of H-pyrrole nitrogens is 1. The first-order valence-corrected chi connectivity index (χ1v) is 5.96. The van der Waals surface area contributed by atoms with Crippen molar-refractivity contribution >= 4 is 16.9 Å². The molecule has 3 aromatic heterocycles. The third-order valence-electron chi connectivity index (χ3n) is 2.81. The van der Waals surface area contributed by atoms with E-state index >= 15 is 0 Å². The van der Waals surface area contributed by atoms with Crippen molar-refractivity contribution in [3.8, 4) is 17.0 Å². The number of anilines is 1. The molecule has 0 atom stereocenters. The molecule has 6 nitrogen and oxygen atoms in total. The first-order chi connectivity index (χ1) is 9.29. The summed E-state index contributed by atoms with van der Waals surface area (Å²) in [6.45, 7) is 2.47. The van der Waals surface area contributed by atoms with Crippen molar-refractivity contribution in [1.82, 2.24) is 19.9 Å². The topological polar surface area (TPSA) is 89.7 Å². The van der Waals surface area contributed by atoms with Crippen LogP contribution in [-0.2, 0) is 0 Å². The normalized spacial score (nSPS) is 10.8. The molecule has 19 heavy (non-hydrogen) atoms. The van der Waals surface area contributed by atoms with Crippen LogP contribution in [0.15, 0.2) is 30.9 Å². The van der Waals surface area contributed by atoms with Gasteiger partial charge in [-0.05, 0) is 24.6 Å². The summed E-state index contributed by atoms with van der Waals surface area (Å²) >= 11 is 0. The van der Waals surface area contributed by atoms with E-state index in [9.17, 15) is 0 Å². The Morgan fingerprint density at radius 3 is 3.00 bits per heavy atom. The van der Waals surface area contributed by atoms with Crippen molar-refractivity contribution in [3.63, 3.8) is 0 Å². The number of pyridine rings is 1. The molecule has 0 aliphatic carbocycles. The summed E-state index contributed by atoms with van der Waals surface area (Å²) in [6, 6.07) is 3.70. The number of ether oxygens (including phenoxy) is 1. The Labute approximate surface area is 109 Å². The van der Waals surface area contributed by atoms with Crippen LogP contribution in [0.2, 0.25) is 0 Å². The van der Waals surface area contributed by atoms with Crippen LogP contribution in [-0.4, -0.2) is 26.5 Å². The average Bonchev–Trinajstić information content (AvgIpc) is 2.84. The van der Waals surface area contributed by atoms with Crippen molar-refractivity contribution in [3.05, 3.63) is 30.9 Å². The first-order valence-electron chi connectivity index (χ1n) is 5.96. The van der Waals surface area contributed by atoms with Gasteiger partial charge in [-0.2, -0.15) is 0 Å². The summed E-state index contributed by atoms with van der Waals surface area (Å²) in [5, 5.41) is 0.856. The van der Waals surface area contributed by atoms with Gasteiger partial charge in [0.25, 0.3) is 0 Å². The predicted molar refractivity (Wildman–Crippen MR) is 72.7 cm³/mol. The van der Waals surface area contributed by atoms with E-state index in [1.165, 1.54) is 6.33 Å². The largest absolute Gasteiger partial charge is 0.477 e. The highest BCUT2D eigenvalue weighted by atomic mass is 16.5. The molecule has 3 rings (SSSR count). The lowest BCUT2D eigenvalue weighted by Crippen LogP contribution is -1.96. The van der Waals surface area contributed by atoms with Crippen LogP contribution in [0.3, 0.4) is 0 Å². The molecule has 3 N–H and O–H groups in total. The molecule has 0 saturated carbocycles. The number of nitrogens with one attached hydrogen (secondary N) is 1. The number of hydrogen-bond donors (Lipinski definition) is 2. The second kappa shape index (κ2) is 4.56. The second-order valence-corrected chi connectivity index (χ2v) is 4.01. The molecule has 0 radical (unpaired) electrons. The van der Waals surface area contributed by atoms with E-state index in [-0.39, 0.29) is 0 Å². The maximum Gasteiger partial charge on any atom is 0.226 e. The van der Waals surface area contributed by atoms with Crippen molar-refractivity contribution in [2.24, 2.45) is 0 Å². The standard InChI is InChI=1S/C13H13N5O/c1-2-19-13-11-9(6-16-12(11)17-7-18-13)8-3-4-15-10(14)5-8/h3-7H,2H2,1H3,(H2,14,15)(H,16,17,18). The number of aromatic nitrogens is 4. The number of nitrogens with zero attached hydrogens (tertiary/aromatic N) is 3. The summed E-state index contributed by atoms with van der Waals surface area (Å²) in [5.41, 5.74) is 8.37. The third kappa shape index (κ3) is 1.97. The molecule has 0 fully saturated rings. The fourth-order valence-corrected chi connectivity index (χ4v) is 2.02. The van der Waals surface area contributed by atoms with E-state index in [0.717, 1.165) is 22.2 Å². The Morgan fingerprint density at radius 1 is 1.32 bits per heavy atom. The Kier molecular flexibility index (Phi) is 2.75. The minimum absolute atomic E-state index is 0.474. The number of hydrogen-bond acceptors (Lipinski definition) is 5. The number of rotatable bonds is 3. The van der Waals surface area contributed by atoms with Crippen molar-refractivity contribution in [1.29, 1.82) is 0 Å². The fourth-order valence-electron chi connectivity index (χ4n) is 2.02. The molecule has 0 spiro atoms. The average molecular weight is 255 g/mol. The van der Waals surface area contributed by atoms with E-state index in [0.29, 0.717) is 18.3 Å². The van der Waals surface area contributed by atoms with E-state index in [1.54, 1.807) is 6.20 Å². The smallest absolute Gasteiger partial charge is 0.226 e. The quantitative estimate of drug-likeness (QED) is 0.747.